The van der Waals surface area contributed by atoms with Crippen LogP contribution in [-0.4, -0.2) is 91.2 Å². The van der Waals surface area contributed by atoms with E-state index in [-0.39, 0.29) is 41.4 Å². The van der Waals surface area contributed by atoms with Crippen molar-refractivity contribution in [2.24, 2.45) is 9.98 Å². The SMILES string of the molecule is COC(=O)N[C@@H](C(=O)N1CCC[C@H]1C1=NCC(c2ccc3oc4cc(C5CN=C([C@@H]6CCCN6C(=O)[C@H](NC=O)c6ccccc6)N5)c(Cl)cc4c(=O)c3c2)N1)c1ccccc1. The Kier molecular flexibility index (Phi) is 11.4. The van der Waals surface area contributed by atoms with Crippen LogP contribution in [0.4, 0.5) is 4.79 Å². The number of alkyl carbamates (subject to hydrolysis) is 1. The van der Waals surface area contributed by atoms with Gasteiger partial charge in [-0.15, -0.1) is 0 Å². The molecule has 318 valence electrons. The number of nitrogens with one attached hydrogen (secondary N) is 4. The number of likely N-dealkylation sites (tertiary alicyclic amines) is 2. The molecule has 4 aromatic carbocycles. The second-order valence-electron chi connectivity index (χ2n) is 15.9. The van der Waals surface area contributed by atoms with Gasteiger partial charge in [0.25, 0.3) is 5.91 Å². The predicted molar refractivity (Wildman–Crippen MR) is 234 cm³/mol. The maximum absolute atomic E-state index is 14.1. The Balaban J connectivity index is 0.897. The van der Waals surface area contributed by atoms with Crippen molar-refractivity contribution in [2.45, 2.75) is 61.9 Å². The predicted octanol–water partition coefficient (Wildman–Crippen LogP) is 5.25. The first-order chi connectivity index (χ1) is 30.2. The lowest BCUT2D eigenvalue weighted by atomic mass is 10.0. The first kappa shape index (κ1) is 40.7. The van der Waals surface area contributed by atoms with Crippen molar-refractivity contribution >= 4 is 69.5 Å². The van der Waals surface area contributed by atoms with Gasteiger partial charge in [0.05, 0.1) is 55.1 Å². The Morgan fingerprint density at radius 2 is 1.37 bits per heavy atom. The third kappa shape index (κ3) is 7.72. The molecule has 0 aliphatic carbocycles. The zero-order valence-corrected chi connectivity index (χ0v) is 34.6. The van der Waals surface area contributed by atoms with E-state index in [0.29, 0.717) is 94.3 Å². The minimum Gasteiger partial charge on any atom is -0.456 e. The van der Waals surface area contributed by atoms with Crippen LogP contribution in [0.5, 0.6) is 0 Å². The number of ether oxygens (including phenoxy) is 1. The summed E-state index contributed by atoms with van der Waals surface area (Å²) in [5, 5.41) is 13.5. The van der Waals surface area contributed by atoms with E-state index in [1.54, 1.807) is 40.1 Å². The summed E-state index contributed by atoms with van der Waals surface area (Å²) in [7, 11) is 1.26. The molecule has 2 fully saturated rings. The van der Waals surface area contributed by atoms with Gasteiger partial charge in [-0.1, -0.05) is 78.3 Å². The van der Waals surface area contributed by atoms with E-state index in [1.165, 1.54) is 7.11 Å². The molecule has 6 atom stereocenters. The van der Waals surface area contributed by atoms with Crippen LogP contribution in [0.25, 0.3) is 21.9 Å². The minimum absolute atomic E-state index is 0.202. The van der Waals surface area contributed by atoms with Crippen LogP contribution in [0.15, 0.2) is 110 Å². The van der Waals surface area contributed by atoms with Gasteiger partial charge in [-0.3, -0.25) is 29.2 Å². The summed E-state index contributed by atoms with van der Waals surface area (Å²) in [6.07, 6.45) is 2.84. The average Bonchev–Trinajstić information content (AvgIpc) is 4.15. The van der Waals surface area contributed by atoms with Crippen molar-refractivity contribution in [3.63, 3.8) is 0 Å². The number of rotatable bonds is 11. The number of nitrogens with zero attached hydrogens (tertiary/aromatic N) is 4. The molecule has 0 bridgehead atoms. The van der Waals surface area contributed by atoms with Crippen molar-refractivity contribution in [1.29, 1.82) is 0 Å². The molecule has 4 amide bonds. The molecule has 0 saturated carbocycles. The van der Waals surface area contributed by atoms with E-state index >= 15 is 0 Å². The molecule has 4 N–H and O–H groups in total. The lowest BCUT2D eigenvalue weighted by Crippen LogP contribution is -2.49. The van der Waals surface area contributed by atoms with E-state index in [2.05, 4.69) is 21.3 Å². The molecular weight excluding hydrogens is 812 g/mol. The van der Waals surface area contributed by atoms with Gasteiger partial charge in [0.15, 0.2) is 0 Å². The molecule has 1 aromatic heterocycles. The standard InChI is InChI=1S/C46H45ClN8O7/c1-61-46(60)53-40(27-12-6-3-7-13-27)45(59)55-19-9-14-35(55)42-48-23-33(51-42)28-16-17-37-30(20-28)41(57)31-21-32(47)29(22-38(31)62-37)34-24-49-43(52-34)36-15-8-18-54(36)44(58)39(50-25-56)26-10-4-2-5-11-26/h2-7,10-13,16-17,20-22,25,33-36,39-40H,8-9,14-15,18-19,23-24H2,1H3,(H,48,51)(H,49,52)(H,50,56)(H,53,60)/t33?,34?,35-,36-,39+,40+/m0/s1. The zero-order chi connectivity index (χ0) is 42.9. The van der Waals surface area contributed by atoms with Gasteiger partial charge in [0, 0.05) is 18.1 Å². The van der Waals surface area contributed by atoms with Crippen LogP contribution in [0, 0.1) is 0 Å². The van der Waals surface area contributed by atoms with Crippen LogP contribution in [0.1, 0.15) is 72.1 Å². The van der Waals surface area contributed by atoms with Crippen molar-refractivity contribution in [3.8, 4) is 0 Å². The van der Waals surface area contributed by atoms with Crippen LogP contribution in [-0.2, 0) is 19.1 Å². The van der Waals surface area contributed by atoms with Crippen LogP contribution in [0.2, 0.25) is 5.02 Å². The quantitative estimate of drug-likeness (QED) is 0.102. The maximum Gasteiger partial charge on any atom is 0.407 e. The minimum atomic E-state index is -0.923. The monoisotopic (exact) mass is 856 g/mol. The Bertz CT molecular complexity index is 2670. The lowest BCUT2D eigenvalue weighted by Gasteiger charge is -2.30. The van der Waals surface area contributed by atoms with Crippen molar-refractivity contribution in [3.05, 3.63) is 128 Å². The fraction of sp³-hybridized carbons (Fsp3) is 0.326. The van der Waals surface area contributed by atoms with E-state index in [9.17, 15) is 24.0 Å². The number of amides is 4. The first-order valence-electron chi connectivity index (χ1n) is 20.8. The number of aliphatic imine (C=N–C) groups is 2. The van der Waals surface area contributed by atoms with E-state index in [4.69, 9.17) is 30.7 Å². The molecule has 2 saturated heterocycles. The van der Waals surface area contributed by atoms with Gasteiger partial charge in [-0.05, 0) is 72.2 Å². The molecule has 5 aromatic rings. The Morgan fingerprint density at radius 3 is 2.00 bits per heavy atom. The second kappa shape index (κ2) is 17.3. The van der Waals surface area contributed by atoms with Gasteiger partial charge in [-0.2, -0.15) is 0 Å². The highest BCUT2D eigenvalue weighted by molar-refractivity contribution is 6.32. The third-order valence-corrected chi connectivity index (χ3v) is 12.6. The molecule has 16 heteroatoms. The third-order valence-electron chi connectivity index (χ3n) is 12.3. The van der Waals surface area contributed by atoms with E-state index in [1.807, 2.05) is 60.7 Å². The summed E-state index contributed by atoms with van der Waals surface area (Å²) in [6.45, 7) is 1.83. The highest BCUT2D eigenvalue weighted by Crippen LogP contribution is 2.34. The number of amidine groups is 2. The Morgan fingerprint density at radius 1 is 0.790 bits per heavy atom. The van der Waals surface area contributed by atoms with Gasteiger partial charge in [0.1, 0.15) is 34.9 Å². The number of carbonyl (C=O) groups excluding carboxylic acids is 4. The van der Waals surface area contributed by atoms with Gasteiger partial charge >= 0.3 is 6.09 Å². The molecule has 4 aliphatic rings. The highest BCUT2D eigenvalue weighted by Gasteiger charge is 2.41. The Hall–Kier alpha value is -6.74. The van der Waals surface area contributed by atoms with Gasteiger partial charge in [0.2, 0.25) is 17.7 Å². The lowest BCUT2D eigenvalue weighted by molar-refractivity contribution is -0.135. The molecule has 9 rings (SSSR count). The number of hydrogen-bond donors (Lipinski definition) is 4. The number of benzene rings is 4. The van der Waals surface area contributed by atoms with Gasteiger partial charge < -0.3 is 40.2 Å². The molecule has 2 unspecified atom stereocenters. The largest absolute Gasteiger partial charge is 0.456 e. The first-order valence-corrected chi connectivity index (χ1v) is 21.2. The maximum atomic E-state index is 14.1. The normalized spacial score (nSPS) is 21.8. The summed E-state index contributed by atoms with van der Waals surface area (Å²) in [5.74, 6) is 0.906. The molecule has 62 heavy (non-hydrogen) atoms. The fourth-order valence-corrected chi connectivity index (χ4v) is 9.47. The van der Waals surface area contributed by atoms with Crippen molar-refractivity contribution < 1.29 is 28.3 Å². The molecule has 5 heterocycles. The number of hydrogen-bond acceptors (Lipinski definition) is 11. The number of methoxy groups -OCH3 is 1. The second-order valence-corrected chi connectivity index (χ2v) is 16.3. The number of halogens is 1. The van der Waals surface area contributed by atoms with Crippen LogP contribution in [0.3, 0.4) is 0 Å². The molecule has 0 radical (unpaired) electrons. The molecular formula is C46H45ClN8O7. The smallest absolute Gasteiger partial charge is 0.407 e. The average molecular weight is 857 g/mol. The van der Waals surface area contributed by atoms with Crippen molar-refractivity contribution in [2.75, 3.05) is 33.3 Å². The number of carbonyl (C=O) groups is 4. The fourth-order valence-electron chi connectivity index (χ4n) is 9.17. The van der Waals surface area contributed by atoms with E-state index in [0.717, 1.165) is 24.8 Å². The summed E-state index contributed by atoms with van der Waals surface area (Å²) in [4.78, 5) is 78.8. The summed E-state index contributed by atoms with van der Waals surface area (Å²) in [6, 6.07) is 24.3. The summed E-state index contributed by atoms with van der Waals surface area (Å²) in [5.41, 5.74) is 3.49. The van der Waals surface area contributed by atoms with Crippen LogP contribution >= 0.6 is 11.6 Å². The summed E-state index contributed by atoms with van der Waals surface area (Å²) >= 11 is 6.91. The molecule has 0 spiro atoms. The summed E-state index contributed by atoms with van der Waals surface area (Å²) < 4.78 is 11.2. The molecule has 4 aliphatic heterocycles. The Labute approximate surface area is 361 Å². The van der Waals surface area contributed by atoms with Crippen molar-refractivity contribution in [1.82, 2.24) is 31.1 Å². The number of fused-ring (bicyclic) bond motifs is 2. The van der Waals surface area contributed by atoms with E-state index < -0.39 is 18.2 Å². The highest BCUT2D eigenvalue weighted by atomic mass is 35.5. The van der Waals surface area contributed by atoms with Gasteiger partial charge in [-0.25, -0.2) is 4.79 Å². The topological polar surface area (TPSA) is 187 Å². The zero-order valence-electron chi connectivity index (χ0n) is 33.9. The molecule has 15 nitrogen and oxygen atoms in total. The van der Waals surface area contributed by atoms with Crippen LogP contribution < -0.4 is 26.7 Å².